The van der Waals surface area contributed by atoms with Gasteiger partial charge in [-0.2, -0.15) is 0 Å². The largest absolute Gasteiger partial charge is 0.322 e. The number of nitrogens with zero attached hydrogens (tertiary/aromatic N) is 5. The van der Waals surface area contributed by atoms with Crippen LogP contribution >= 0.6 is 0 Å². The zero-order chi connectivity index (χ0) is 15.8. The molecule has 0 N–H and O–H groups in total. The summed E-state index contributed by atoms with van der Waals surface area (Å²) in [5.41, 5.74) is 2.07. The predicted octanol–water partition coefficient (Wildman–Crippen LogP) is 2.40. The van der Waals surface area contributed by atoms with Crippen LogP contribution in [0.15, 0.2) is 52.1 Å². The van der Waals surface area contributed by atoms with Crippen molar-refractivity contribution in [3.63, 3.8) is 0 Å². The summed E-state index contributed by atoms with van der Waals surface area (Å²) >= 11 is 0. The summed E-state index contributed by atoms with van der Waals surface area (Å²) in [4.78, 5) is 17.1. The van der Waals surface area contributed by atoms with E-state index in [2.05, 4.69) is 15.3 Å². The zero-order valence-electron chi connectivity index (χ0n) is 11.9. The van der Waals surface area contributed by atoms with Gasteiger partial charge in [-0.25, -0.2) is 4.63 Å². The number of nitro groups is 1. The van der Waals surface area contributed by atoms with Crippen molar-refractivity contribution in [1.29, 1.82) is 0 Å². The Balaban J connectivity index is 1.84. The van der Waals surface area contributed by atoms with Crippen LogP contribution in [0.5, 0.6) is 0 Å². The second-order valence-electron chi connectivity index (χ2n) is 5.05. The summed E-state index contributed by atoms with van der Waals surface area (Å²) in [6, 6.07) is 12.8. The van der Waals surface area contributed by atoms with Crippen LogP contribution in [-0.2, 0) is 0 Å². The molecule has 3 aromatic rings. The molecule has 0 spiro atoms. The van der Waals surface area contributed by atoms with Crippen molar-refractivity contribution >= 4 is 28.2 Å². The molecule has 1 aliphatic rings. The molecule has 2 heterocycles. The smallest absolute Gasteiger partial charge is 0.300 e. The number of rotatable bonds is 3. The van der Waals surface area contributed by atoms with Crippen LogP contribution in [0.25, 0.3) is 11.0 Å². The van der Waals surface area contributed by atoms with Gasteiger partial charge >= 0.3 is 5.69 Å². The Morgan fingerprint density at radius 2 is 1.87 bits per heavy atom. The van der Waals surface area contributed by atoms with E-state index in [0.29, 0.717) is 24.3 Å². The SMILES string of the molecule is O=[N+]([O-])c1ccc(N2CCN=C2c2ccccc2)c2nonc12. The van der Waals surface area contributed by atoms with Gasteiger partial charge in [0.25, 0.3) is 0 Å². The molecule has 0 saturated heterocycles. The van der Waals surface area contributed by atoms with Gasteiger partial charge in [-0.1, -0.05) is 30.3 Å². The van der Waals surface area contributed by atoms with E-state index >= 15 is 0 Å². The zero-order valence-corrected chi connectivity index (χ0v) is 11.9. The van der Waals surface area contributed by atoms with Gasteiger partial charge in [0, 0.05) is 18.2 Å². The fourth-order valence-corrected chi connectivity index (χ4v) is 2.72. The monoisotopic (exact) mass is 309 g/mol. The molecule has 0 saturated carbocycles. The van der Waals surface area contributed by atoms with Crippen LogP contribution in [0.3, 0.4) is 0 Å². The average molecular weight is 309 g/mol. The lowest BCUT2D eigenvalue weighted by molar-refractivity contribution is -0.383. The molecular formula is C15H11N5O3. The lowest BCUT2D eigenvalue weighted by Crippen LogP contribution is -2.28. The van der Waals surface area contributed by atoms with Gasteiger partial charge in [0.05, 0.1) is 17.2 Å². The van der Waals surface area contributed by atoms with Crippen molar-refractivity contribution in [2.75, 3.05) is 18.0 Å². The first kappa shape index (κ1) is 13.4. The number of aliphatic imine (C=N–C) groups is 1. The number of anilines is 1. The maximum Gasteiger partial charge on any atom is 0.300 e. The molecule has 0 bridgehead atoms. The van der Waals surface area contributed by atoms with E-state index in [1.807, 2.05) is 35.2 Å². The van der Waals surface area contributed by atoms with Crippen molar-refractivity contribution < 1.29 is 9.55 Å². The maximum atomic E-state index is 11.1. The summed E-state index contributed by atoms with van der Waals surface area (Å²) in [7, 11) is 0. The number of non-ortho nitro benzene ring substituents is 1. The van der Waals surface area contributed by atoms with E-state index in [1.54, 1.807) is 6.07 Å². The molecule has 114 valence electrons. The normalized spacial score (nSPS) is 14.3. The third-order valence-corrected chi connectivity index (χ3v) is 3.73. The Morgan fingerprint density at radius 1 is 1.09 bits per heavy atom. The summed E-state index contributed by atoms with van der Waals surface area (Å²) in [5, 5.41) is 18.6. The first-order valence-corrected chi connectivity index (χ1v) is 7.03. The van der Waals surface area contributed by atoms with Gasteiger partial charge in [0.1, 0.15) is 5.84 Å². The molecule has 1 aliphatic heterocycles. The third-order valence-electron chi connectivity index (χ3n) is 3.73. The summed E-state index contributed by atoms with van der Waals surface area (Å²) in [6.45, 7) is 1.32. The molecule has 0 amide bonds. The highest BCUT2D eigenvalue weighted by molar-refractivity contribution is 6.14. The van der Waals surface area contributed by atoms with Gasteiger partial charge in [-0.15, -0.1) is 0 Å². The number of hydrogen-bond donors (Lipinski definition) is 0. The Bertz CT molecular complexity index is 919. The summed E-state index contributed by atoms with van der Waals surface area (Å²) in [5.74, 6) is 0.809. The quantitative estimate of drug-likeness (QED) is 0.544. The van der Waals surface area contributed by atoms with E-state index < -0.39 is 4.92 Å². The number of hydrogen-bond acceptors (Lipinski definition) is 7. The second kappa shape index (κ2) is 5.16. The second-order valence-corrected chi connectivity index (χ2v) is 5.05. The molecule has 4 rings (SSSR count). The Kier molecular flexibility index (Phi) is 3.00. The van der Waals surface area contributed by atoms with Crippen LogP contribution in [0, 0.1) is 10.1 Å². The van der Waals surface area contributed by atoms with Crippen LogP contribution in [-0.4, -0.2) is 34.2 Å². The van der Waals surface area contributed by atoms with Crippen molar-refractivity contribution in [2.45, 2.75) is 0 Å². The van der Waals surface area contributed by atoms with Crippen LogP contribution < -0.4 is 4.90 Å². The number of fused-ring (bicyclic) bond motifs is 1. The number of amidine groups is 1. The molecule has 0 unspecified atom stereocenters. The average Bonchev–Trinajstić information content (AvgIpc) is 3.24. The van der Waals surface area contributed by atoms with E-state index in [0.717, 1.165) is 11.4 Å². The van der Waals surface area contributed by atoms with Gasteiger partial charge in [0.15, 0.2) is 5.52 Å². The van der Waals surface area contributed by atoms with E-state index in [1.165, 1.54) is 6.07 Å². The van der Waals surface area contributed by atoms with Gasteiger partial charge < -0.3 is 4.90 Å². The number of nitro benzene ring substituents is 1. The molecule has 1 aromatic heterocycles. The van der Waals surface area contributed by atoms with Crippen molar-refractivity contribution in [2.24, 2.45) is 4.99 Å². The number of aromatic nitrogens is 2. The van der Waals surface area contributed by atoms with Crippen molar-refractivity contribution in [1.82, 2.24) is 10.3 Å². The molecular weight excluding hydrogens is 298 g/mol. The minimum atomic E-state index is -0.494. The molecule has 0 atom stereocenters. The highest BCUT2D eigenvalue weighted by Gasteiger charge is 2.27. The molecule has 8 nitrogen and oxygen atoms in total. The highest BCUT2D eigenvalue weighted by atomic mass is 16.6. The fourth-order valence-electron chi connectivity index (χ4n) is 2.72. The minimum absolute atomic E-state index is 0.123. The molecule has 0 fully saturated rings. The third kappa shape index (κ3) is 2.11. The molecule has 0 aliphatic carbocycles. The van der Waals surface area contributed by atoms with Gasteiger partial charge in [-0.3, -0.25) is 15.1 Å². The Labute approximate surface area is 130 Å². The van der Waals surface area contributed by atoms with E-state index in [-0.39, 0.29) is 11.2 Å². The van der Waals surface area contributed by atoms with E-state index in [4.69, 9.17) is 4.63 Å². The Morgan fingerprint density at radius 3 is 2.65 bits per heavy atom. The molecule has 23 heavy (non-hydrogen) atoms. The molecule has 2 aromatic carbocycles. The maximum absolute atomic E-state index is 11.1. The minimum Gasteiger partial charge on any atom is -0.322 e. The van der Waals surface area contributed by atoms with Crippen LogP contribution in [0.1, 0.15) is 5.56 Å². The fraction of sp³-hybridized carbons (Fsp3) is 0.133. The lowest BCUT2D eigenvalue weighted by Gasteiger charge is -2.20. The van der Waals surface area contributed by atoms with Gasteiger partial charge in [-0.05, 0) is 16.4 Å². The van der Waals surface area contributed by atoms with Crippen molar-refractivity contribution in [3.05, 3.63) is 58.1 Å². The van der Waals surface area contributed by atoms with Crippen LogP contribution in [0.4, 0.5) is 11.4 Å². The molecule has 8 heteroatoms. The summed E-state index contributed by atoms with van der Waals surface area (Å²) < 4.78 is 4.73. The number of benzene rings is 2. The van der Waals surface area contributed by atoms with E-state index in [9.17, 15) is 10.1 Å². The molecule has 0 radical (unpaired) electrons. The predicted molar refractivity (Wildman–Crippen MR) is 83.7 cm³/mol. The lowest BCUT2D eigenvalue weighted by atomic mass is 10.1. The van der Waals surface area contributed by atoms with Crippen molar-refractivity contribution in [3.8, 4) is 0 Å². The highest BCUT2D eigenvalue weighted by Crippen LogP contribution is 2.32. The first-order chi connectivity index (χ1) is 11.3. The Hall–Kier alpha value is -3.29. The first-order valence-electron chi connectivity index (χ1n) is 7.03. The van der Waals surface area contributed by atoms with Gasteiger partial charge in [0.2, 0.25) is 5.52 Å². The summed E-state index contributed by atoms with van der Waals surface area (Å²) in [6.07, 6.45) is 0. The standard InChI is InChI=1S/C15H11N5O3/c21-20(22)12-7-6-11(13-14(12)18-23-17-13)19-9-8-16-15(19)10-4-2-1-3-5-10/h1-7H,8-9H2. The topological polar surface area (TPSA) is 97.7 Å². The van der Waals surface area contributed by atoms with Crippen LogP contribution in [0.2, 0.25) is 0 Å².